The number of halogens is 4. The number of benzene rings is 2. The third kappa shape index (κ3) is 6.08. The van der Waals surface area contributed by atoms with Gasteiger partial charge in [0.2, 0.25) is 15.9 Å². The molecule has 0 aromatic heterocycles. The lowest BCUT2D eigenvalue weighted by atomic mass is 10.1. The van der Waals surface area contributed by atoms with Crippen molar-refractivity contribution in [2.45, 2.75) is 25.7 Å². The van der Waals surface area contributed by atoms with Gasteiger partial charge >= 0.3 is 6.36 Å². The van der Waals surface area contributed by atoms with Crippen LogP contribution in [0.5, 0.6) is 5.75 Å². The van der Waals surface area contributed by atoms with Crippen LogP contribution in [0.15, 0.2) is 48.5 Å². The number of sulfonamides is 1. The summed E-state index contributed by atoms with van der Waals surface area (Å²) < 4.78 is 79.8. The first kappa shape index (κ1) is 22.5. The van der Waals surface area contributed by atoms with Crippen LogP contribution in [0, 0.1) is 5.82 Å². The second kappa shape index (κ2) is 8.68. The van der Waals surface area contributed by atoms with Crippen molar-refractivity contribution in [1.82, 2.24) is 0 Å². The topological polar surface area (TPSA) is 75.7 Å². The third-order valence-electron chi connectivity index (χ3n) is 3.78. The van der Waals surface area contributed by atoms with E-state index >= 15 is 0 Å². The zero-order valence-electron chi connectivity index (χ0n) is 15.4. The maximum atomic E-state index is 14.2. The standard InChI is InChI=1S/C18H18F4N2O4S/c1-3-15(24(29(2,26)27)16-7-5-4-6-14(16)19)17(25)23-12-8-10-13(11-9-12)28-18(20,21)22/h4-11,15H,3H2,1-2H3,(H,23,25). The molecule has 11 heteroatoms. The van der Waals surface area contributed by atoms with Crippen molar-refractivity contribution < 1.29 is 35.5 Å². The van der Waals surface area contributed by atoms with E-state index in [1.165, 1.54) is 30.3 Å². The van der Waals surface area contributed by atoms with Crippen LogP contribution >= 0.6 is 0 Å². The van der Waals surface area contributed by atoms with E-state index in [4.69, 9.17) is 0 Å². The van der Waals surface area contributed by atoms with Crippen LogP contribution in [-0.2, 0) is 14.8 Å². The molecule has 0 aliphatic heterocycles. The highest BCUT2D eigenvalue weighted by molar-refractivity contribution is 7.92. The van der Waals surface area contributed by atoms with Crippen molar-refractivity contribution in [3.63, 3.8) is 0 Å². The summed E-state index contributed by atoms with van der Waals surface area (Å²) in [6, 6.07) is 8.15. The Hall–Kier alpha value is -2.82. The molecule has 2 rings (SSSR count). The molecule has 0 aliphatic carbocycles. The lowest BCUT2D eigenvalue weighted by molar-refractivity contribution is -0.274. The molecule has 2 aromatic rings. The van der Waals surface area contributed by atoms with Gasteiger partial charge in [0, 0.05) is 5.69 Å². The number of ether oxygens (including phenoxy) is 1. The molecule has 2 aromatic carbocycles. The van der Waals surface area contributed by atoms with Gasteiger partial charge in [0.1, 0.15) is 17.6 Å². The van der Waals surface area contributed by atoms with Crippen LogP contribution in [0.4, 0.5) is 28.9 Å². The minimum atomic E-state index is -4.85. The predicted molar refractivity (Wildman–Crippen MR) is 99.6 cm³/mol. The minimum absolute atomic E-state index is 0.0164. The van der Waals surface area contributed by atoms with Crippen LogP contribution < -0.4 is 14.4 Å². The second-order valence-electron chi connectivity index (χ2n) is 6.00. The van der Waals surface area contributed by atoms with Crippen LogP contribution in [0.25, 0.3) is 0 Å². The summed E-state index contributed by atoms with van der Waals surface area (Å²) in [5.74, 6) is -2.07. The first-order chi connectivity index (χ1) is 13.4. The Kier molecular flexibility index (Phi) is 6.73. The maximum Gasteiger partial charge on any atom is 0.573 e. The fraction of sp³-hybridized carbons (Fsp3) is 0.278. The van der Waals surface area contributed by atoms with Crippen LogP contribution in [-0.4, -0.2) is 33.0 Å². The van der Waals surface area contributed by atoms with Crippen molar-refractivity contribution in [1.29, 1.82) is 0 Å². The fourth-order valence-electron chi connectivity index (χ4n) is 2.63. The Morgan fingerprint density at radius 2 is 1.72 bits per heavy atom. The molecule has 1 unspecified atom stereocenters. The number of hydrogen-bond acceptors (Lipinski definition) is 4. The minimum Gasteiger partial charge on any atom is -0.406 e. The molecule has 6 nitrogen and oxygen atoms in total. The van der Waals surface area contributed by atoms with Gasteiger partial charge in [0.25, 0.3) is 0 Å². The van der Waals surface area contributed by atoms with Crippen LogP contribution in [0.3, 0.4) is 0 Å². The van der Waals surface area contributed by atoms with E-state index in [9.17, 15) is 30.8 Å². The number of hydrogen-bond donors (Lipinski definition) is 1. The fourth-order valence-corrected chi connectivity index (χ4v) is 3.84. The Morgan fingerprint density at radius 3 is 2.21 bits per heavy atom. The molecule has 0 spiro atoms. The van der Waals surface area contributed by atoms with Crippen molar-refractivity contribution >= 4 is 27.3 Å². The SMILES string of the molecule is CCC(C(=O)Nc1ccc(OC(F)(F)F)cc1)N(c1ccccc1F)S(C)(=O)=O. The first-order valence-electron chi connectivity index (χ1n) is 8.33. The van der Waals surface area contributed by atoms with Gasteiger partial charge in [0.05, 0.1) is 11.9 Å². The van der Waals surface area contributed by atoms with Crippen molar-refractivity contribution in [2.24, 2.45) is 0 Å². The molecule has 0 aliphatic rings. The van der Waals surface area contributed by atoms with E-state index in [2.05, 4.69) is 10.1 Å². The number of rotatable bonds is 7. The van der Waals surface area contributed by atoms with Gasteiger partial charge in [-0.15, -0.1) is 13.2 Å². The molecule has 0 bridgehead atoms. The summed E-state index contributed by atoms with van der Waals surface area (Å²) in [7, 11) is -4.03. The molecular weight excluding hydrogens is 416 g/mol. The smallest absolute Gasteiger partial charge is 0.406 e. The number of carbonyl (C=O) groups is 1. The Bertz CT molecular complexity index is 963. The van der Waals surface area contributed by atoms with Gasteiger partial charge in [-0.05, 0) is 42.8 Å². The number of nitrogens with zero attached hydrogens (tertiary/aromatic N) is 1. The molecule has 0 radical (unpaired) electrons. The molecule has 0 saturated carbocycles. The molecule has 1 N–H and O–H groups in total. The molecule has 158 valence electrons. The normalized spacial score (nSPS) is 12.9. The van der Waals surface area contributed by atoms with E-state index in [1.54, 1.807) is 6.92 Å². The number of amides is 1. The molecule has 1 amide bonds. The highest BCUT2D eigenvalue weighted by Crippen LogP contribution is 2.27. The molecule has 0 heterocycles. The Labute approximate surface area is 165 Å². The van der Waals surface area contributed by atoms with Gasteiger partial charge < -0.3 is 10.1 Å². The summed E-state index contributed by atoms with van der Waals surface area (Å²) in [6.45, 7) is 1.55. The zero-order chi connectivity index (χ0) is 21.8. The summed E-state index contributed by atoms with van der Waals surface area (Å²) >= 11 is 0. The highest BCUT2D eigenvalue weighted by atomic mass is 32.2. The van der Waals surface area contributed by atoms with E-state index in [-0.39, 0.29) is 17.8 Å². The van der Waals surface area contributed by atoms with E-state index in [0.717, 1.165) is 24.5 Å². The summed E-state index contributed by atoms with van der Waals surface area (Å²) in [5.41, 5.74) is -0.170. The van der Waals surface area contributed by atoms with Crippen LogP contribution in [0.2, 0.25) is 0 Å². The molecule has 0 saturated heterocycles. The van der Waals surface area contributed by atoms with Crippen molar-refractivity contribution in [3.8, 4) is 5.75 Å². The maximum absolute atomic E-state index is 14.2. The van der Waals surface area contributed by atoms with Gasteiger partial charge in [0.15, 0.2) is 0 Å². The average Bonchev–Trinajstić information content (AvgIpc) is 2.60. The first-order valence-corrected chi connectivity index (χ1v) is 10.2. The molecule has 1 atom stereocenters. The van der Waals surface area contributed by atoms with Crippen LogP contribution in [0.1, 0.15) is 13.3 Å². The second-order valence-corrected chi connectivity index (χ2v) is 7.86. The van der Waals surface area contributed by atoms with Gasteiger partial charge in [-0.1, -0.05) is 19.1 Å². The van der Waals surface area contributed by atoms with E-state index < -0.39 is 39.9 Å². The monoisotopic (exact) mass is 434 g/mol. The van der Waals surface area contributed by atoms with Crippen molar-refractivity contribution in [3.05, 3.63) is 54.3 Å². The summed E-state index contributed by atoms with van der Waals surface area (Å²) in [5, 5.41) is 2.42. The highest BCUT2D eigenvalue weighted by Gasteiger charge is 2.33. The summed E-state index contributed by atoms with van der Waals surface area (Å²) in [4.78, 5) is 12.7. The average molecular weight is 434 g/mol. The quantitative estimate of drug-likeness (QED) is 0.671. The number of para-hydroxylation sites is 1. The van der Waals surface area contributed by atoms with Gasteiger partial charge in [-0.25, -0.2) is 12.8 Å². The number of alkyl halides is 3. The number of carbonyl (C=O) groups excluding carboxylic acids is 1. The molecular formula is C18H18F4N2O4S. The van der Waals surface area contributed by atoms with E-state index in [1.807, 2.05) is 0 Å². The molecule has 29 heavy (non-hydrogen) atoms. The zero-order valence-corrected chi connectivity index (χ0v) is 16.2. The largest absolute Gasteiger partial charge is 0.573 e. The lowest BCUT2D eigenvalue weighted by Gasteiger charge is -2.30. The summed E-state index contributed by atoms with van der Waals surface area (Å²) in [6.07, 6.45) is -3.99. The Balaban J connectivity index is 2.27. The lowest BCUT2D eigenvalue weighted by Crippen LogP contribution is -2.47. The van der Waals surface area contributed by atoms with Gasteiger partial charge in [-0.3, -0.25) is 9.10 Å². The molecule has 0 fully saturated rings. The third-order valence-corrected chi connectivity index (χ3v) is 4.94. The number of nitrogens with one attached hydrogen (secondary N) is 1. The number of anilines is 2. The van der Waals surface area contributed by atoms with Crippen molar-refractivity contribution in [2.75, 3.05) is 15.9 Å². The van der Waals surface area contributed by atoms with E-state index in [0.29, 0.717) is 4.31 Å². The Morgan fingerprint density at radius 1 is 1.14 bits per heavy atom. The predicted octanol–water partition coefficient (Wildman–Crippen LogP) is 3.91. The van der Waals surface area contributed by atoms with Gasteiger partial charge in [-0.2, -0.15) is 0 Å².